The van der Waals surface area contributed by atoms with Gasteiger partial charge in [0.1, 0.15) is 0 Å². The number of amides is 1. The molecule has 1 aliphatic rings. The van der Waals surface area contributed by atoms with E-state index in [0.29, 0.717) is 17.2 Å². The Labute approximate surface area is 113 Å². The number of ether oxygens (including phenoxy) is 1. The summed E-state index contributed by atoms with van der Waals surface area (Å²) in [5, 5.41) is 2.89. The number of hydrogen-bond acceptors (Lipinski definition) is 3. The number of nitrogens with one attached hydrogen (secondary N) is 1. The third kappa shape index (κ3) is 3.13. The first-order chi connectivity index (χ1) is 9.11. The van der Waals surface area contributed by atoms with Gasteiger partial charge in [-0.3, -0.25) is 4.79 Å². The maximum atomic E-state index is 12.1. The number of anilines is 1. The van der Waals surface area contributed by atoms with Crippen LogP contribution in [0.25, 0.3) is 0 Å². The Bertz CT molecular complexity index is 484. The lowest BCUT2D eigenvalue weighted by atomic mass is 9.97. The molecule has 19 heavy (non-hydrogen) atoms. The van der Waals surface area contributed by atoms with Crippen molar-refractivity contribution in [2.45, 2.75) is 26.2 Å². The van der Waals surface area contributed by atoms with Crippen LogP contribution in [0.5, 0.6) is 0 Å². The van der Waals surface area contributed by atoms with Crippen molar-refractivity contribution in [2.75, 3.05) is 12.4 Å². The first kappa shape index (κ1) is 13.6. The molecule has 1 fully saturated rings. The van der Waals surface area contributed by atoms with Gasteiger partial charge in [0, 0.05) is 11.6 Å². The van der Waals surface area contributed by atoms with E-state index < -0.39 is 5.97 Å². The molecule has 1 aromatic rings. The van der Waals surface area contributed by atoms with Crippen LogP contribution in [-0.2, 0) is 9.53 Å². The van der Waals surface area contributed by atoms with Crippen molar-refractivity contribution in [2.24, 2.45) is 11.8 Å². The standard InChI is InChI=1S/C15H19NO3/c1-10-5-3-8-13(10)14(17)16-12-7-4-6-11(9-12)15(18)19-2/h4,6-7,9-10,13H,3,5,8H2,1-2H3,(H,16,17). The molecule has 0 bridgehead atoms. The highest BCUT2D eigenvalue weighted by Crippen LogP contribution is 2.32. The van der Waals surface area contributed by atoms with Gasteiger partial charge in [0.2, 0.25) is 5.91 Å². The van der Waals surface area contributed by atoms with Crippen molar-refractivity contribution >= 4 is 17.6 Å². The fourth-order valence-electron chi connectivity index (χ4n) is 2.61. The fraction of sp³-hybridized carbons (Fsp3) is 0.467. The molecule has 102 valence electrons. The molecule has 0 radical (unpaired) electrons. The first-order valence-electron chi connectivity index (χ1n) is 6.61. The summed E-state index contributed by atoms with van der Waals surface area (Å²) in [5.41, 5.74) is 1.09. The van der Waals surface area contributed by atoms with Gasteiger partial charge in [-0.1, -0.05) is 19.4 Å². The zero-order valence-corrected chi connectivity index (χ0v) is 11.3. The van der Waals surface area contributed by atoms with Crippen LogP contribution in [0.1, 0.15) is 36.5 Å². The summed E-state index contributed by atoms with van der Waals surface area (Å²) in [6.07, 6.45) is 3.17. The van der Waals surface area contributed by atoms with Gasteiger partial charge in [-0.2, -0.15) is 0 Å². The third-order valence-corrected chi connectivity index (χ3v) is 3.75. The Morgan fingerprint density at radius 1 is 1.32 bits per heavy atom. The van der Waals surface area contributed by atoms with Crippen LogP contribution >= 0.6 is 0 Å². The van der Waals surface area contributed by atoms with E-state index in [0.717, 1.165) is 19.3 Å². The van der Waals surface area contributed by atoms with Crippen LogP contribution in [0.3, 0.4) is 0 Å². The average Bonchev–Trinajstić information content (AvgIpc) is 2.84. The topological polar surface area (TPSA) is 55.4 Å². The van der Waals surface area contributed by atoms with Gasteiger partial charge in [-0.25, -0.2) is 4.79 Å². The van der Waals surface area contributed by atoms with Crippen molar-refractivity contribution in [3.63, 3.8) is 0 Å². The first-order valence-corrected chi connectivity index (χ1v) is 6.61. The Morgan fingerprint density at radius 3 is 2.74 bits per heavy atom. The largest absolute Gasteiger partial charge is 0.465 e. The summed E-state index contributed by atoms with van der Waals surface area (Å²) < 4.78 is 4.66. The number of methoxy groups -OCH3 is 1. The monoisotopic (exact) mass is 261 g/mol. The van der Waals surface area contributed by atoms with E-state index >= 15 is 0 Å². The molecular weight excluding hydrogens is 242 g/mol. The summed E-state index contributed by atoms with van der Waals surface area (Å²) in [7, 11) is 1.34. The van der Waals surface area contributed by atoms with E-state index in [1.165, 1.54) is 7.11 Å². The normalized spacial score (nSPS) is 22.0. The molecule has 0 saturated heterocycles. The maximum absolute atomic E-state index is 12.1. The Morgan fingerprint density at radius 2 is 2.11 bits per heavy atom. The van der Waals surface area contributed by atoms with Gasteiger partial charge in [-0.15, -0.1) is 0 Å². The minimum Gasteiger partial charge on any atom is -0.465 e. The van der Waals surface area contributed by atoms with Crippen molar-refractivity contribution < 1.29 is 14.3 Å². The van der Waals surface area contributed by atoms with Gasteiger partial charge < -0.3 is 10.1 Å². The summed E-state index contributed by atoms with van der Waals surface area (Å²) >= 11 is 0. The van der Waals surface area contributed by atoms with Crippen LogP contribution in [-0.4, -0.2) is 19.0 Å². The average molecular weight is 261 g/mol. The molecular formula is C15H19NO3. The van der Waals surface area contributed by atoms with E-state index in [1.807, 2.05) is 0 Å². The second kappa shape index (κ2) is 5.87. The number of hydrogen-bond donors (Lipinski definition) is 1. The molecule has 1 aliphatic carbocycles. The molecule has 2 unspecified atom stereocenters. The predicted molar refractivity (Wildman–Crippen MR) is 72.9 cm³/mol. The molecule has 0 aliphatic heterocycles. The van der Waals surface area contributed by atoms with Crippen LogP contribution in [0.15, 0.2) is 24.3 Å². The summed E-state index contributed by atoms with van der Waals surface area (Å²) in [6.45, 7) is 2.11. The highest BCUT2D eigenvalue weighted by molar-refractivity contribution is 5.95. The molecule has 2 rings (SSSR count). The molecule has 0 aromatic heterocycles. The van der Waals surface area contributed by atoms with Crippen LogP contribution in [0, 0.1) is 11.8 Å². The lowest BCUT2D eigenvalue weighted by Gasteiger charge is -2.15. The van der Waals surface area contributed by atoms with E-state index in [9.17, 15) is 9.59 Å². The number of esters is 1. The molecule has 0 spiro atoms. The molecule has 1 aromatic carbocycles. The molecule has 1 N–H and O–H groups in total. The summed E-state index contributed by atoms with van der Waals surface area (Å²) in [4.78, 5) is 23.6. The van der Waals surface area contributed by atoms with Crippen LogP contribution < -0.4 is 5.32 Å². The van der Waals surface area contributed by atoms with E-state index in [2.05, 4.69) is 17.0 Å². The molecule has 4 nitrogen and oxygen atoms in total. The SMILES string of the molecule is COC(=O)c1cccc(NC(=O)C2CCCC2C)c1. The lowest BCUT2D eigenvalue weighted by Crippen LogP contribution is -2.24. The minimum absolute atomic E-state index is 0.0482. The Kier molecular flexibility index (Phi) is 4.20. The third-order valence-electron chi connectivity index (χ3n) is 3.75. The maximum Gasteiger partial charge on any atom is 0.337 e. The second-order valence-electron chi connectivity index (χ2n) is 5.08. The van der Waals surface area contributed by atoms with Crippen molar-refractivity contribution in [3.05, 3.63) is 29.8 Å². The van der Waals surface area contributed by atoms with E-state index in [-0.39, 0.29) is 11.8 Å². The smallest absolute Gasteiger partial charge is 0.337 e. The van der Waals surface area contributed by atoms with Crippen molar-refractivity contribution in [3.8, 4) is 0 Å². The van der Waals surface area contributed by atoms with E-state index in [1.54, 1.807) is 24.3 Å². The second-order valence-corrected chi connectivity index (χ2v) is 5.08. The number of carbonyl (C=O) groups is 2. The molecule has 1 saturated carbocycles. The number of carbonyl (C=O) groups excluding carboxylic acids is 2. The highest BCUT2D eigenvalue weighted by atomic mass is 16.5. The predicted octanol–water partition coefficient (Wildman–Crippen LogP) is 2.85. The van der Waals surface area contributed by atoms with Crippen LogP contribution in [0.4, 0.5) is 5.69 Å². The molecule has 1 amide bonds. The fourth-order valence-corrected chi connectivity index (χ4v) is 2.61. The van der Waals surface area contributed by atoms with Gasteiger partial charge in [0.25, 0.3) is 0 Å². The van der Waals surface area contributed by atoms with E-state index in [4.69, 9.17) is 0 Å². The zero-order chi connectivity index (χ0) is 13.8. The highest BCUT2D eigenvalue weighted by Gasteiger charge is 2.29. The van der Waals surface area contributed by atoms with Crippen molar-refractivity contribution in [1.82, 2.24) is 0 Å². The number of rotatable bonds is 3. The molecule has 2 atom stereocenters. The van der Waals surface area contributed by atoms with Gasteiger partial charge in [0.05, 0.1) is 12.7 Å². The van der Waals surface area contributed by atoms with Crippen molar-refractivity contribution in [1.29, 1.82) is 0 Å². The molecule has 4 heteroatoms. The summed E-state index contributed by atoms with van der Waals surface area (Å²) in [6, 6.07) is 6.83. The Balaban J connectivity index is 2.06. The Hall–Kier alpha value is -1.84. The van der Waals surface area contributed by atoms with Gasteiger partial charge in [0.15, 0.2) is 0 Å². The quantitative estimate of drug-likeness (QED) is 0.851. The van der Waals surface area contributed by atoms with Gasteiger partial charge >= 0.3 is 5.97 Å². The lowest BCUT2D eigenvalue weighted by molar-refractivity contribution is -0.120. The minimum atomic E-state index is -0.398. The number of benzene rings is 1. The zero-order valence-electron chi connectivity index (χ0n) is 11.3. The summed E-state index contributed by atoms with van der Waals surface area (Å²) in [5.74, 6) is 0.169. The van der Waals surface area contributed by atoms with Gasteiger partial charge in [-0.05, 0) is 37.0 Å². The van der Waals surface area contributed by atoms with Crippen LogP contribution in [0.2, 0.25) is 0 Å². The molecule has 0 heterocycles.